The van der Waals surface area contributed by atoms with E-state index in [4.69, 9.17) is 14.2 Å². The smallest absolute Gasteiger partial charge is 0.407 e. The van der Waals surface area contributed by atoms with E-state index in [1.54, 1.807) is 13.8 Å². The lowest BCUT2D eigenvalue weighted by molar-refractivity contribution is -0.155. The predicted octanol–water partition coefficient (Wildman–Crippen LogP) is 1.81. The summed E-state index contributed by atoms with van der Waals surface area (Å²) >= 11 is 0. The molecule has 0 atom stereocenters. The van der Waals surface area contributed by atoms with Crippen LogP contribution in [0.1, 0.15) is 34.1 Å². The third-order valence-corrected chi connectivity index (χ3v) is 2.94. The zero-order valence-corrected chi connectivity index (χ0v) is 13.7. The molecule has 0 unspecified atom stereocenters. The highest BCUT2D eigenvalue weighted by Gasteiger charge is 2.26. The van der Waals surface area contributed by atoms with E-state index in [1.807, 2.05) is 6.92 Å². The largest absolute Gasteiger partial charge is 0.462 e. The van der Waals surface area contributed by atoms with Crippen LogP contribution >= 0.6 is 0 Å². The molecule has 0 aromatic carbocycles. The van der Waals surface area contributed by atoms with Gasteiger partial charge in [-0.15, -0.1) is 0 Å². The number of ether oxygens (including phenoxy) is 3. The van der Waals surface area contributed by atoms with Crippen LogP contribution in [0, 0.1) is 5.41 Å². The number of carbonyl (C=O) groups excluding carboxylic acids is 3. The van der Waals surface area contributed by atoms with Crippen LogP contribution in [0.5, 0.6) is 0 Å². The Morgan fingerprint density at radius 3 is 2.18 bits per heavy atom. The Balaban J connectivity index is 3.69. The molecule has 0 heterocycles. The van der Waals surface area contributed by atoms with Crippen LogP contribution < -0.4 is 5.32 Å². The first-order valence-electron chi connectivity index (χ1n) is 7.11. The van der Waals surface area contributed by atoms with E-state index < -0.39 is 17.5 Å². The quantitative estimate of drug-likeness (QED) is 0.302. The minimum atomic E-state index is -0.669. The van der Waals surface area contributed by atoms with Gasteiger partial charge in [-0.2, -0.15) is 0 Å². The van der Waals surface area contributed by atoms with Crippen molar-refractivity contribution in [2.75, 3.05) is 26.4 Å². The average Bonchev–Trinajstić information content (AvgIpc) is 2.47. The fraction of sp³-hybridized carbons (Fsp3) is 0.667. The van der Waals surface area contributed by atoms with Gasteiger partial charge in [-0.25, -0.2) is 9.59 Å². The van der Waals surface area contributed by atoms with Crippen molar-refractivity contribution in [3.63, 3.8) is 0 Å². The summed E-state index contributed by atoms with van der Waals surface area (Å²) in [6.07, 6.45) is -0.00651. The summed E-state index contributed by atoms with van der Waals surface area (Å²) < 4.78 is 14.6. The molecule has 0 aromatic heterocycles. The number of esters is 2. The summed E-state index contributed by atoms with van der Waals surface area (Å²) in [4.78, 5) is 34.0. The van der Waals surface area contributed by atoms with Gasteiger partial charge in [0.25, 0.3) is 0 Å². The van der Waals surface area contributed by atoms with Crippen molar-refractivity contribution in [2.45, 2.75) is 34.1 Å². The number of nitrogens with one attached hydrogen (secondary N) is 1. The highest BCUT2D eigenvalue weighted by atomic mass is 16.6. The van der Waals surface area contributed by atoms with Crippen molar-refractivity contribution in [3.8, 4) is 0 Å². The first kappa shape index (κ1) is 19.9. The van der Waals surface area contributed by atoms with Crippen molar-refractivity contribution in [2.24, 2.45) is 5.41 Å². The number of rotatable bonds is 9. The first-order chi connectivity index (χ1) is 10.2. The molecule has 1 amide bonds. The lowest BCUT2D eigenvalue weighted by Crippen LogP contribution is -2.31. The zero-order chi connectivity index (χ0) is 17.2. The molecule has 0 radical (unpaired) electrons. The van der Waals surface area contributed by atoms with E-state index in [0.717, 1.165) is 0 Å². The molecular weight excluding hydrogens is 290 g/mol. The SMILES string of the molecule is C=C(C)C(=O)OCCNC(=O)OCCOC(=O)C(C)(C)CC. The Kier molecular flexibility index (Phi) is 8.89. The van der Waals surface area contributed by atoms with Gasteiger partial charge in [0.1, 0.15) is 19.8 Å². The van der Waals surface area contributed by atoms with Crippen LogP contribution in [0.2, 0.25) is 0 Å². The third-order valence-electron chi connectivity index (χ3n) is 2.94. The first-order valence-corrected chi connectivity index (χ1v) is 7.11. The third kappa shape index (κ3) is 8.28. The van der Waals surface area contributed by atoms with Crippen molar-refractivity contribution in [1.82, 2.24) is 5.32 Å². The van der Waals surface area contributed by atoms with Gasteiger partial charge in [0.15, 0.2) is 0 Å². The predicted molar refractivity (Wildman–Crippen MR) is 80.2 cm³/mol. The molecule has 0 aliphatic carbocycles. The summed E-state index contributed by atoms with van der Waals surface area (Å²) in [5.74, 6) is -0.841. The second kappa shape index (κ2) is 9.81. The number of amides is 1. The number of alkyl carbamates (subject to hydrolysis) is 1. The van der Waals surface area contributed by atoms with E-state index in [-0.39, 0.29) is 32.3 Å². The topological polar surface area (TPSA) is 90.9 Å². The van der Waals surface area contributed by atoms with Gasteiger partial charge in [-0.05, 0) is 27.2 Å². The van der Waals surface area contributed by atoms with Crippen molar-refractivity contribution >= 4 is 18.0 Å². The van der Waals surface area contributed by atoms with Gasteiger partial charge < -0.3 is 19.5 Å². The van der Waals surface area contributed by atoms with E-state index in [2.05, 4.69) is 11.9 Å². The zero-order valence-electron chi connectivity index (χ0n) is 13.7. The van der Waals surface area contributed by atoms with Crippen LogP contribution in [0.3, 0.4) is 0 Å². The molecule has 0 spiro atoms. The fourth-order valence-electron chi connectivity index (χ4n) is 1.08. The van der Waals surface area contributed by atoms with Crippen LogP contribution in [-0.2, 0) is 23.8 Å². The Labute approximate surface area is 131 Å². The maximum absolute atomic E-state index is 11.6. The highest BCUT2D eigenvalue weighted by Crippen LogP contribution is 2.21. The van der Waals surface area contributed by atoms with Gasteiger partial charge >= 0.3 is 18.0 Å². The number of carbonyl (C=O) groups is 3. The second-order valence-electron chi connectivity index (χ2n) is 5.35. The summed E-state index contributed by atoms with van der Waals surface area (Å²) in [7, 11) is 0. The molecule has 7 heteroatoms. The van der Waals surface area contributed by atoms with Gasteiger partial charge in [-0.1, -0.05) is 13.5 Å². The van der Waals surface area contributed by atoms with Crippen molar-refractivity contribution in [3.05, 3.63) is 12.2 Å². The molecule has 0 rings (SSSR count). The van der Waals surface area contributed by atoms with E-state index >= 15 is 0 Å². The summed E-state index contributed by atoms with van der Waals surface area (Å²) in [5.41, 5.74) is -0.255. The molecule has 0 aliphatic rings. The van der Waals surface area contributed by atoms with Crippen molar-refractivity contribution in [1.29, 1.82) is 0 Å². The maximum Gasteiger partial charge on any atom is 0.407 e. The van der Waals surface area contributed by atoms with Crippen LogP contribution in [0.4, 0.5) is 4.79 Å². The molecule has 0 bridgehead atoms. The minimum absolute atomic E-state index is 0.000325. The number of hydrogen-bond acceptors (Lipinski definition) is 6. The van der Waals surface area contributed by atoms with Crippen LogP contribution in [0.15, 0.2) is 12.2 Å². The minimum Gasteiger partial charge on any atom is -0.462 e. The van der Waals surface area contributed by atoms with Gasteiger partial charge in [0.2, 0.25) is 0 Å². The van der Waals surface area contributed by atoms with Crippen LogP contribution in [0.25, 0.3) is 0 Å². The Morgan fingerprint density at radius 2 is 1.64 bits per heavy atom. The van der Waals surface area contributed by atoms with E-state index in [1.165, 1.54) is 6.92 Å². The average molecular weight is 315 g/mol. The van der Waals surface area contributed by atoms with Gasteiger partial charge in [0.05, 0.1) is 12.0 Å². The lowest BCUT2D eigenvalue weighted by atomic mass is 9.91. The molecular formula is C15H25NO6. The standard InChI is InChI=1S/C15H25NO6/c1-6-15(4,5)13(18)21-9-10-22-14(19)16-7-8-20-12(17)11(2)3/h2,6-10H2,1,3-5H3,(H,16,19). The van der Waals surface area contributed by atoms with Crippen LogP contribution in [-0.4, -0.2) is 44.4 Å². The Bertz CT molecular complexity index is 416. The van der Waals surface area contributed by atoms with Gasteiger partial charge in [-0.3, -0.25) is 4.79 Å². The second-order valence-corrected chi connectivity index (χ2v) is 5.35. The van der Waals surface area contributed by atoms with E-state index in [9.17, 15) is 14.4 Å². The summed E-state index contributed by atoms with van der Waals surface area (Å²) in [5, 5.41) is 2.40. The highest BCUT2D eigenvalue weighted by molar-refractivity contribution is 5.86. The normalized spacial score (nSPS) is 10.5. The molecule has 7 nitrogen and oxygen atoms in total. The molecule has 126 valence electrons. The molecule has 0 aromatic rings. The fourth-order valence-corrected chi connectivity index (χ4v) is 1.08. The van der Waals surface area contributed by atoms with Crippen molar-refractivity contribution < 1.29 is 28.6 Å². The summed E-state index contributed by atoms with van der Waals surface area (Å²) in [6, 6.07) is 0. The summed E-state index contributed by atoms with van der Waals surface area (Å²) in [6.45, 7) is 10.5. The molecule has 1 N–H and O–H groups in total. The maximum atomic E-state index is 11.6. The molecule has 0 aliphatic heterocycles. The molecule has 0 saturated heterocycles. The Morgan fingerprint density at radius 1 is 1.05 bits per heavy atom. The number of hydrogen-bond donors (Lipinski definition) is 1. The monoisotopic (exact) mass is 315 g/mol. The molecule has 22 heavy (non-hydrogen) atoms. The van der Waals surface area contributed by atoms with E-state index in [0.29, 0.717) is 12.0 Å². The Hall–Kier alpha value is -2.05. The van der Waals surface area contributed by atoms with Gasteiger partial charge in [0, 0.05) is 5.57 Å². The molecule has 0 fully saturated rings. The molecule has 0 saturated carbocycles. The lowest BCUT2D eigenvalue weighted by Gasteiger charge is -2.20.